The van der Waals surface area contributed by atoms with Crippen LogP contribution in [0.1, 0.15) is 32.8 Å². The first-order chi connectivity index (χ1) is 14.6. The molecular formula is C22H19ClN4O2S. The van der Waals surface area contributed by atoms with Gasteiger partial charge in [-0.25, -0.2) is 4.98 Å². The number of nitrogens with zero attached hydrogens (tertiary/aromatic N) is 2. The van der Waals surface area contributed by atoms with Crippen LogP contribution in [0.4, 0.5) is 5.69 Å². The van der Waals surface area contributed by atoms with Crippen LogP contribution in [-0.4, -0.2) is 21.4 Å². The summed E-state index contributed by atoms with van der Waals surface area (Å²) < 4.78 is 2.07. The summed E-state index contributed by atoms with van der Waals surface area (Å²) in [7, 11) is 0. The Morgan fingerprint density at radius 1 is 1.10 bits per heavy atom. The quantitative estimate of drug-likeness (QED) is 0.447. The average molecular weight is 439 g/mol. The van der Waals surface area contributed by atoms with Crippen molar-refractivity contribution in [2.75, 3.05) is 5.32 Å². The number of benzene rings is 2. The normalized spacial score (nSPS) is 10.9. The first-order valence-corrected chi connectivity index (χ1v) is 10.7. The fraction of sp³-hybridized carbons (Fsp3) is 0.136. The van der Waals surface area contributed by atoms with E-state index in [0.29, 0.717) is 27.7 Å². The van der Waals surface area contributed by atoms with Gasteiger partial charge in [0.05, 0.1) is 33.2 Å². The molecule has 0 radical (unpaired) electrons. The minimum Gasteiger partial charge on any atom is -0.345 e. The molecule has 0 spiro atoms. The van der Waals surface area contributed by atoms with Gasteiger partial charge in [0.2, 0.25) is 0 Å². The van der Waals surface area contributed by atoms with Gasteiger partial charge in [0.25, 0.3) is 11.8 Å². The molecule has 2 aromatic heterocycles. The number of hydrogen-bond acceptors (Lipinski definition) is 4. The smallest absolute Gasteiger partial charge is 0.265 e. The maximum Gasteiger partial charge on any atom is 0.265 e. The molecule has 0 aliphatic heterocycles. The molecule has 8 heteroatoms. The summed E-state index contributed by atoms with van der Waals surface area (Å²) in [6.45, 7) is 3.09. The van der Waals surface area contributed by atoms with Gasteiger partial charge in [-0.05, 0) is 48.7 Å². The molecule has 0 unspecified atom stereocenters. The summed E-state index contributed by atoms with van der Waals surface area (Å²) in [6.07, 6.45) is 0. The van der Waals surface area contributed by atoms with Crippen LogP contribution in [0.25, 0.3) is 11.0 Å². The van der Waals surface area contributed by atoms with Crippen molar-refractivity contribution in [3.05, 3.63) is 81.3 Å². The van der Waals surface area contributed by atoms with Gasteiger partial charge in [0, 0.05) is 12.1 Å². The number of imidazole rings is 1. The zero-order valence-electron chi connectivity index (χ0n) is 16.2. The van der Waals surface area contributed by atoms with E-state index in [1.807, 2.05) is 36.6 Å². The summed E-state index contributed by atoms with van der Waals surface area (Å²) in [5, 5.41) is 7.85. The Bertz CT molecular complexity index is 1220. The van der Waals surface area contributed by atoms with E-state index in [4.69, 9.17) is 11.6 Å². The summed E-state index contributed by atoms with van der Waals surface area (Å²) in [5.41, 5.74) is 2.73. The highest BCUT2D eigenvalue weighted by atomic mass is 35.5. The molecule has 4 aromatic rings. The van der Waals surface area contributed by atoms with E-state index in [1.165, 1.54) is 11.3 Å². The molecule has 0 saturated carbocycles. The molecule has 30 heavy (non-hydrogen) atoms. The number of thiophene rings is 1. The monoisotopic (exact) mass is 438 g/mol. The van der Waals surface area contributed by atoms with Crippen LogP contribution in [0.2, 0.25) is 5.02 Å². The van der Waals surface area contributed by atoms with Crippen molar-refractivity contribution in [1.29, 1.82) is 0 Å². The van der Waals surface area contributed by atoms with Crippen LogP contribution < -0.4 is 10.6 Å². The summed E-state index contributed by atoms with van der Waals surface area (Å²) >= 11 is 7.54. The standard InChI is InChI=1S/C22H19ClN4O2S/c1-2-27-18-7-4-3-6-16(18)25-20(27)13-24-21(28)14-9-10-15(23)17(12-14)26-22(29)19-8-5-11-30-19/h3-12H,2,13H2,1H3,(H,24,28)(H,26,29). The zero-order chi connectivity index (χ0) is 21.1. The number of aromatic nitrogens is 2. The second kappa shape index (κ2) is 8.69. The van der Waals surface area contributed by atoms with E-state index < -0.39 is 0 Å². The number of para-hydroxylation sites is 2. The second-order valence-corrected chi connectivity index (χ2v) is 7.92. The molecule has 2 N–H and O–H groups in total. The van der Waals surface area contributed by atoms with Crippen LogP contribution in [0.5, 0.6) is 0 Å². The number of hydrogen-bond donors (Lipinski definition) is 2. The molecule has 2 amide bonds. The summed E-state index contributed by atoms with van der Waals surface area (Å²) in [5.74, 6) is 0.251. The maximum absolute atomic E-state index is 12.7. The summed E-state index contributed by atoms with van der Waals surface area (Å²) in [4.78, 5) is 30.2. The third-order valence-corrected chi connectivity index (χ3v) is 5.88. The number of anilines is 1. The number of halogens is 1. The summed E-state index contributed by atoms with van der Waals surface area (Å²) in [6, 6.07) is 16.2. The molecule has 6 nitrogen and oxygen atoms in total. The van der Waals surface area contributed by atoms with Crippen molar-refractivity contribution >= 4 is 51.5 Å². The van der Waals surface area contributed by atoms with Crippen LogP contribution in [-0.2, 0) is 13.1 Å². The number of rotatable bonds is 6. The highest BCUT2D eigenvalue weighted by Gasteiger charge is 2.14. The number of fused-ring (bicyclic) bond motifs is 1. The number of amides is 2. The van der Waals surface area contributed by atoms with E-state index in [0.717, 1.165) is 23.4 Å². The topological polar surface area (TPSA) is 76.0 Å². The molecule has 2 aromatic carbocycles. The van der Waals surface area contributed by atoms with E-state index in [-0.39, 0.29) is 11.8 Å². The van der Waals surface area contributed by atoms with Crippen molar-refractivity contribution < 1.29 is 9.59 Å². The third kappa shape index (κ3) is 4.08. The highest BCUT2D eigenvalue weighted by Crippen LogP contribution is 2.24. The number of aryl methyl sites for hydroxylation is 1. The first-order valence-electron chi connectivity index (χ1n) is 9.43. The Morgan fingerprint density at radius 3 is 2.70 bits per heavy atom. The van der Waals surface area contributed by atoms with Gasteiger partial charge in [0.1, 0.15) is 5.82 Å². The van der Waals surface area contributed by atoms with E-state index in [9.17, 15) is 9.59 Å². The molecule has 0 saturated heterocycles. The van der Waals surface area contributed by atoms with Crippen molar-refractivity contribution in [2.24, 2.45) is 0 Å². The van der Waals surface area contributed by atoms with Gasteiger partial charge in [-0.2, -0.15) is 0 Å². The fourth-order valence-corrected chi connectivity index (χ4v) is 4.01. The first kappa shape index (κ1) is 20.1. The predicted molar refractivity (Wildman–Crippen MR) is 120 cm³/mol. The lowest BCUT2D eigenvalue weighted by molar-refractivity contribution is 0.0948. The van der Waals surface area contributed by atoms with Gasteiger partial charge in [-0.3, -0.25) is 9.59 Å². The van der Waals surface area contributed by atoms with Gasteiger partial charge >= 0.3 is 0 Å². The minimum atomic E-state index is -0.270. The van der Waals surface area contributed by atoms with Crippen LogP contribution in [0.3, 0.4) is 0 Å². The van der Waals surface area contributed by atoms with Gasteiger partial charge < -0.3 is 15.2 Å². The Morgan fingerprint density at radius 2 is 1.93 bits per heavy atom. The Balaban J connectivity index is 1.49. The molecule has 4 rings (SSSR count). The van der Waals surface area contributed by atoms with E-state index >= 15 is 0 Å². The van der Waals surface area contributed by atoms with E-state index in [2.05, 4.69) is 20.2 Å². The highest BCUT2D eigenvalue weighted by molar-refractivity contribution is 7.12. The molecule has 0 bridgehead atoms. The minimum absolute atomic E-state index is 0.263. The van der Waals surface area contributed by atoms with E-state index in [1.54, 1.807) is 30.3 Å². The lowest BCUT2D eigenvalue weighted by atomic mass is 10.2. The number of carbonyl (C=O) groups excluding carboxylic acids is 2. The van der Waals surface area contributed by atoms with Crippen molar-refractivity contribution in [3.63, 3.8) is 0 Å². The zero-order valence-corrected chi connectivity index (χ0v) is 17.8. The SMILES string of the molecule is CCn1c(CNC(=O)c2ccc(Cl)c(NC(=O)c3cccs3)c2)nc2ccccc21. The van der Waals surface area contributed by atoms with Crippen molar-refractivity contribution in [1.82, 2.24) is 14.9 Å². The molecular weight excluding hydrogens is 420 g/mol. The van der Waals surface area contributed by atoms with Crippen LogP contribution in [0.15, 0.2) is 60.0 Å². The Hall–Kier alpha value is -3.16. The Labute approximate surface area is 182 Å². The van der Waals surface area contributed by atoms with Crippen molar-refractivity contribution in [2.45, 2.75) is 20.0 Å². The Kier molecular flexibility index (Phi) is 5.83. The third-order valence-electron chi connectivity index (χ3n) is 4.68. The molecule has 0 fully saturated rings. The average Bonchev–Trinajstić information content (AvgIpc) is 3.41. The predicted octanol–water partition coefficient (Wildman–Crippen LogP) is 4.95. The van der Waals surface area contributed by atoms with Crippen LogP contribution >= 0.6 is 22.9 Å². The van der Waals surface area contributed by atoms with Gasteiger partial charge in [0.15, 0.2) is 0 Å². The number of nitrogens with one attached hydrogen (secondary N) is 2. The fourth-order valence-electron chi connectivity index (χ4n) is 3.23. The lowest BCUT2D eigenvalue weighted by Crippen LogP contribution is -2.25. The molecule has 152 valence electrons. The molecule has 0 aliphatic carbocycles. The van der Waals surface area contributed by atoms with Crippen LogP contribution in [0, 0.1) is 0 Å². The molecule has 0 aliphatic rings. The molecule has 2 heterocycles. The van der Waals surface area contributed by atoms with Crippen molar-refractivity contribution in [3.8, 4) is 0 Å². The number of carbonyl (C=O) groups is 2. The van der Waals surface area contributed by atoms with Gasteiger partial charge in [-0.15, -0.1) is 11.3 Å². The maximum atomic E-state index is 12.7. The van der Waals surface area contributed by atoms with Gasteiger partial charge in [-0.1, -0.05) is 29.8 Å². The lowest BCUT2D eigenvalue weighted by Gasteiger charge is -2.10. The largest absolute Gasteiger partial charge is 0.345 e. The second-order valence-electron chi connectivity index (χ2n) is 6.57. The molecule has 0 atom stereocenters.